The number of rotatable bonds is 2. The van der Waals surface area contributed by atoms with Gasteiger partial charge in [0.1, 0.15) is 11.6 Å². The molecule has 0 fully saturated rings. The zero-order valence-electron chi connectivity index (χ0n) is 9.03. The predicted octanol–water partition coefficient (Wildman–Crippen LogP) is 4.73. The molecule has 0 amide bonds. The summed E-state index contributed by atoms with van der Waals surface area (Å²) < 4.78 is 16.0. The number of thiophene rings is 1. The van der Waals surface area contributed by atoms with Crippen molar-refractivity contribution in [3.8, 4) is 5.69 Å². The lowest BCUT2D eigenvalue weighted by Gasteiger charge is -2.04. The minimum absolute atomic E-state index is 0.282. The summed E-state index contributed by atoms with van der Waals surface area (Å²) in [5.41, 5.74) is 2.41. The summed E-state index contributed by atoms with van der Waals surface area (Å²) in [5.74, 6) is 0.687. The number of halogens is 3. The molecule has 0 aliphatic carbocycles. The first-order chi connectivity index (χ1) is 8.70. The highest BCUT2D eigenvalue weighted by Crippen LogP contribution is 2.28. The van der Waals surface area contributed by atoms with Crippen molar-refractivity contribution in [3.63, 3.8) is 0 Å². The molecule has 0 spiro atoms. The molecule has 1 aromatic carbocycles. The van der Waals surface area contributed by atoms with Crippen LogP contribution in [0.25, 0.3) is 16.7 Å². The van der Waals surface area contributed by atoms with Crippen LogP contribution in [-0.4, -0.2) is 9.55 Å². The Morgan fingerprint density at radius 2 is 2.28 bits per heavy atom. The van der Waals surface area contributed by atoms with Crippen molar-refractivity contribution in [1.82, 2.24) is 9.55 Å². The summed E-state index contributed by atoms with van der Waals surface area (Å²) >= 11 is 10.7. The molecule has 0 saturated carbocycles. The molecule has 18 heavy (non-hydrogen) atoms. The van der Waals surface area contributed by atoms with Crippen LogP contribution in [0.5, 0.6) is 0 Å². The van der Waals surface area contributed by atoms with Gasteiger partial charge in [-0.2, -0.15) is 11.3 Å². The summed E-state index contributed by atoms with van der Waals surface area (Å²) in [6.45, 7) is 0. The SMILES string of the molecule is Fc1cc2c(cc1Br)nc(CCl)n2-c1ccsc1. The molecule has 0 unspecified atom stereocenters. The number of hydrogen-bond acceptors (Lipinski definition) is 2. The van der Waals surface area contributed by atoms with Crippen LogP contribution >= 0.6 is 38.9 Å². The van der Waals surface area contributed by atoms with Gasteiger partial charge in [0, 0.05) is 11.4 Å². The average Bonchev–Trinajstić information content (AvgIpc) is 2.96. The highest BCUT2D eigenvalue weighted by atomic mass is 79.9. The minimum atomic E-state index is -0.306. The lowest BCUT2D eigenvalue weighted by atomic mass is 10.3. The molecule has 0 aliphatic rings. The third-order valence-electron chi connectivity index (χ3n) is 2.65. The van der Waals surface area contributed by atoms with Gasteiger partial charge in [-0.15, -0.1) is 11.6 Å². The van der Waals surface area contributed by atoms with Gasteiger partial charge in [-0.25, -0.2) is 9.37 Å². The van der Waals surface area contributed by atoms with Gasteiger partial charge >= 0.3 is 0 Å². The van der Waals surface area contributed by atoms with Gasteiger partial charge in [-0.05, 0) is 33.4 Å². The quantitative estimate of drug-likeness (QED) is 0.614. The maximum atomic E-state index is 13.7. The molecular formula is C12H7BrClFN2S. The summed E-state index contributed by atoms with van der Waals surface area (Å²) in [4.78, 5) is 4.43. The summed E-state index contributed by atoms with van der Waals surface area (Å²) in [6.07, 6.45) is 0. The van der Waals surface area contributed by atoms with E-state index in [4.69, 9.17) is 11.6 Å². The van der Waals surface area contributed by atoms with Crippen LogP contribution in [0.2, 0.25) is 0 Å². The van der Waals surface area contributed by atoms with Crippen molar-refractivity contribution >= 4 is 49.9 Å². The van der Waals surface area contributed by atoms with Crippen LogP contribution in [0.15, 0.2) is 33.4 Å². The van der Waals surface area contributed by atoms with E-state index < -0.39 is 0 Å². The Kier molecular flexibility index (Phi) is 3.13. The summed E-state index contributed by atoms with van der Waals surface area (Å²) in [6, 6.07) is 5.10. The minimum Gasteiger partial charge on any atom is -0.294 e. The van der Waals surface area contributed by atoms with Gasteiger partial charge in [-0.3, -0.25) is 4.57 Å². The van der Waals surface area contributed by atoms with E-state index in [-0.39, 0.29) is 11.7 Å². The van der Waals surface area contributed by atoms with E-state index in [2.05, 4.69) is 20.9 Å². The molecule has 0 N–H and O–H groups in total. The van der Waals surface area contributed by atoms with Crippen molar-refractivity contribution in [1.29, 1.82) is 0 Å². The molecule has 2 nitrogen and oxygen atoms in total. The van der Waals surface area contributed by atoms with Crippen LogP contribution in [0.1, 0.15) is 5.82 Å². The van der Waals surface area contributed by atoms with Crippen molar-refractivity contribution in [3.05, 3.63) is 45.1 Å². The Hall–Kier alpha value is -0.910. The van der Waals surface area contributed by atoms with Crippen LogP contribution in [0.3, 0.4) is 0 Å². The second kappa shape index (κ2) is 4.64. The summed E-state index contributed by atoms with van der Waals surface area (Å²) in [7, 11) is 0. The van der Waals surface area contributed by atoms with Crippen molar-refractivity contribution < 1.29 is 4.39 Å². The molecule has 2 aromatic heterocycles. The molecule has 3 rings (SSSR count). The molecule has 92 valence electrons. The zero-order chi connectivity index (χ0) is 12.7. The van der Waals surface area contributed by atoms with Crippen LogP contribution in [0.4, 0.5) is 4.39 Å². The Labute approximate surface area is 120 Å². The molecular weight excluding hydrogens is 339 g/mol. The Morgan fingerprint density at radius 1 is 1.44 bits per heavy atom. The van der Waals surface area contributed by atoms with Gasteiger partial charge in [-0.1, -0.05) is 0 Å². The fraction of sp³-hybridized carbons (Fsp3) is 0.0833. The van der Waals surface area contributed by atoms with E-state index in [1.807, 2.05) is 21.4 Å². The number of fused-ring (bicyclic) bond motifs is 1. The third-order valence-corrected chi connectivity index (χ3v) is 4.17. The number of alkyl halides is 1. The van der Waals surface area contributed by atoms with Crippen molar-refractivity contribution in [2.45, 2.75) is 5.88 Å². The lowest BCUT2D eigenvalue weighted by molar-refractivity contribution is 0.622. The standard InChI is InChI=1S/C12H7BrClFN2S/c13-8-3-10-11(4-9(8)15)17(12(5-14)16-10)7-1-2-18-6-7/h1-4,6H,5H2. The van der Waals surface area contributed by atoms with E-state index in [0.717, 1.165) is 16.7 Å². The van der Waals surface area contributed by atoms with E-state index in [1.165, 1.54) is 6.07 Å². The third kappa shape index (κ3) is 1.86. The van der Waals surface area contributed by atoms with Gasteiger partial charge in [0.15, 0.2) is 0 Å². The van der Waals surface area contributed by atoms with Crippen LogP contribution < -0.4 is 0 Å². The summed E-state index contributed by atoms with van der Waals surface area (Å²) in [5, 5.41) is 3.95. The second-order valence-corrected chi connectivity index (χ2v) is 5.64. The van der Waals surface area contributed by atoms with Gasteiger partial charge in [0.05, 0.1) is 27.1 Å². The zero-order valence-corrected chi connectivity index (χ0v) is 12.2. The Balaban J connectivity index is 2.37. The average molecular weight is 346 g/mol. The number of imidazole rings is 1. The molecule has 0 atom stereocenters. The van der Waals surface area contributed by atoms with E-state index >= 15 is 0 Å². The highest BCUT2D eigenvalue weighted by Gasteiger charge is 2.14. The molecule has 0 saturated heterocycles. The van der Waals surface area contributed by atoms with Crippen molar-refractivity contribution in [2.75, 3.05) is 0 Å². The number of hydrogen-bond donors (Lipinski definition) is 0. The van der Waals surface area contributed by atoms with Crippen LogP contribution in [-0.2, 0) is 5.88 Å². The monoisotopic (exact) mass is 344 g/mol. The Bertz CT molecular complexity index is 709. The van der Waals surface area contributed by atoms with Gasteiger partial charge in [0.25, 0.3) is 0 Å². The molecule has 2 heterocycles. The Morgan fingerprint density at radius 3 is 2.94 bits per heavy atom. The number of benzene rings is 1. The predicted molar refractivity (Wildman–Crippen MR) is 76.2 cm³/mol. The second-order valence-electron chi connectivity index (χ2n) is 3.73. The first-order valence-corrected chi connectivity index (χ1v) is 7.42. The molecule has 0 radical (unpaired) electrons. The van der Waals surface area contributed by atoms with Crippen molar-refractivity contribution in [2.24, 2.45) is 0 Å². The number of nitrogens with zero attached hydrogens (tertiary/aromatic N) is 2. The fourth-order valence-electron chi connectivity index (χ4n) is 1.88. The van der Waals surface area contributed by atoms with Crippen LogP contribution in [0, 0.1) is 5.82 Å². The molecule has 6 heteroatoms. The van der Waals surface area contributed by atoms with E-state index in [1.54, 1.807) is 17.4 Å². The molecule has 0 bridgehead atoms. The fourth-order valence-corrected chi connectivity index (χ4v) is 3.02. The number of aromatic nitrogens is 2. The molecule has 3 aromatic rings. The topological polar surface area (TPSA) is 17.8 Å². The highest BCUT2D eigenvalue weighted by molar-refractivity contribution is 9.10. The largest absolute Gasteiger partial charge is 0.294 e. The van der Waals surface area contributed by atoms with Gasteiger partial charge in [0.2, 0.25) is 0 Å². The normalized spacial score (nSPS) is 11.3. The van der Waals surface area contributed by atoms with Gasteiger partial charge < -0.3 is 0 Å². The first-order valence-electron chi connectivity index (χ1n) is 5.15. The first kappa shape index (κ1) is 12.1. The maximum Gasteiger partial charge on any atom is 0.139 e. The maximum absolute atomic E-state index is 13.7. The molecule has 0 aliphatic heterocycles. The smallest absolute Gasteiger partial charge is 0.139 e. The van der Waals surface area contributed by atoms with E-state index in [9.17, 15) is 4.39 Å². The van der Waals surface area contributed by atoms with E-state index in [0.29, 0.717) is 10.3 Å². The lowest BCUT2D eigenvalue weighted by Crippen LogP contribution is -1.97.